The van der Waals surface area contributed by atoms with Crippen LogP contribution < -0.4 is 15.8 Å². The first-order valence-corrected chi connectivity index (χ1v) is 6.54. The Bertz CT molecular complexity index is 471. The summed E-state index contributed by atoms with van der Waals surface area (Å²) in [6, 6.07) is 0.425. The highest BCUT2D eigenvalue weighted by Gasteiger charge is 2.26. The zero-order valence-corrected chi connectivity index (χ0v) is 11.0. The summed E-state index contributed by atoms with van der Waals surface area (Å²) in [4.78, 5) is 22.2. The topological polar surface area (TPSA) is 73.4 Å². The van der Waals surface area contributed by atoms with E-state index in [0.29, 0.717) is 24.1 Å². The maximum Gasteiger partial charge on any atom is 0.258 e. The van der Waals surface area contributed by atoms with Crippen LogP contribution in [-0.2, 0) is 0 Å². The third-order valence-corrected chi connectivity index (χ3v) is 3.65. The van der Waals surface area contributed by atoms with Gasteiger partial charge in [-0.1, -0.05) is 0 Å². The van der Waals surface area contributed by atoms with Crippen LogP contribution in [0.3, 0.4) is 0 Å². The lowest BCUT2D eigenvalue weighted by Crippen LogP contribution is -2.56. The van der Waals surface area contributed by atoms with Crippen molar-refractivity contribution in [3.05, 3.63) is 18.1 Å². The van der Waals surface area contributed by atoms with Crippen LogP contribution in [0.25, 0.3) is 0 Å². The van der Waals surface area contributed by atoms with Crippen molar-refractivity contribution in [3.63, 3.8) is 0 Å². The van der Waals surface area contributed by atoms with Crippen LogP contribution in [0, 0.1) is 0 Å². The Kier molecular flexibility index (Phi) is 3.31. The molecule has 1 aromatic heterocycles. The fraction of sp³-hybridized carbons (Fsp3) is 0.583. The summed E-state index contributed by atoms with van der Waals surface area (Å²) in [5, 5.41) is 4.73. The normalized spacial score (nSPS) is 21.1. The van der Waals surface area contributed by atoms with E-state index in [1.54, 1.807) is 6.20 Å². The summed E-state index contributed by atoms with van der Waals surface area (Å²) in [5.74, 6) is 0.551. The average Bonchev–Trinajstić information content (AvgIpc) is 2.45. The standard InChI is InChI=1S/C12H18N6O/c1-17-4-2-9(3-5-17)16-18-8-15-12(19)10-6-13-7-14-11(10)18/h6-7,9,16H,2-5,8H2,1H3,(H,15,19). The third-order valence-electron chi connectivity index (χ3n) is 3.65. The first-order valence-electron chi connectivity index (χ1n) is 6.54. The molecule has 1 saturated heterocycles. The second-order valence-corrected chi connectivity index (χ2v) is 5.06. The first kappa shape index (κ1) is 12.3. The molecule has 19 heavy (non-hydrogen) atoms. The smallest absolute Gasteiger partial charge is 0.258 e. The highest BCUT2D eigenvalue weighted by atomic mass is 16.2. The molecule has 7 heteroatoms. The van der Waals surface area contributed by atoms with Gasteiger partial charge in [0.1, 0.15) is 18.6 Å². The average molecular weight is 262 g/mol. The molecule has 102 valence electrons. The van der Waals surface area contributed by atoms with Crippen molar-refractivity contribution in [3.8, 4) is 0 Å². The van der Waals surface area contributed by atoms with E-state index in [1.807, 2.05) is 5.01 Å². The van der Waals surface area contributed by atoms with Gasteiger partial charge in [-0.05, 0) is 33.0 Å². The van der Waals surface area contributed by atoms with Crippen LogP contribution in [0.2, 0.25) is 0 Å². The van der Waals surface area contributed by atoms with Crippen molar-refractivity contribution in [2.45, 2.75) is 18.9 Å². The monoisotopic (exact) mass is 262 g/mol. The number of carbonyl (C=O) groups is 1. The van der Waals surface area contributed by atoms with E-state index in [0.717, 1.165) is 25.9 Å². The number of rotatable bonds is 2. The summed E-state index contributed by atoms with van der Waals surface area (Å²) in [6.45, 7) is 2.62. The van der Waals surface area contributed by atoms with E-state index in [1.165, 1.54) is 6.33 Å². The van der Waals surface area contributed by atoms with Gasteiger partial charge in [0, 0.05) is 12.2 Å². The van der Waals surface area contributed by atoms with E-state index >= 15 is 0 Å². The minimum absolute atomic E-state index is 0.114. The molecule has 0 radical (unpaired) electrons. The molecule has 1 amide bonds. The van der Waals surface area contributed by atoms with Crippen molar-refractivity contribution >= 4 is 11.7 Å². The van der Waals surface area contributed by atoms with E-state index < -0.39 is 0 Å². The molecule has 7 nitrogen and oxygen atoms in total. The van der Waals surface area contributed by atoms with Gasteiger partial charge in [0.05, 0.1) is 0 Å². The Balaban J connectivity index is 1.72. The van der Waals surface area contributed by atoms with Crippen molar-refractivity contribution in [2.75, 3.05) is 31.8 Å². The molecule has 0 aromatic carbocycles. The van der Waals surface area contributed by atoms with Crippen LogP contribution in [0.1, 0.15) is 23.2 Å². The van der Waals surface area contributed by atoms with Crippen molar-refractivity contribution < 1.29 is 4.79 Å². The molecule has 3 heterocycles. The maximum atomic E-state index is 11.7. The van der Waals surface area contributed by atoms with Crippen LogP contribution >= 0.6 is 0 Å². The molecule has 0 aliphatic carbocycles. The molecule has 3 rings (SSSR count). The quantitative estimate of drug-likeness (QED) is 0.754. The van der Waals surface area contributed by atoms with E-state index in [2.05, 4.69) is 32.7 Å². The number of likely N-dealkylation sites (tertiary alicyclic amines) is 1. The number of fused-ring (bicyclic) bond motifs is 1. The molecule has 1 fully saturated rings. The Hall–Kier alpha value is -1.73. The maximum absolute atomic E-state index is 11.7. The number of nitrogens with one attached hydrogen (secondary N) is 2. The summed E-state index contributed by atoms with van der Waals surface area (Å²) in [7, 11) is 2.14. The molecule has 1 aromatic rings. The lowest BCUT2D eigenvalue weighted by Gasteiger charge is -2.36. The van der Waals surface area contributed by atoms with E-state index in [9.17, 15) is 4.79 Å². The number of piperidine rings is 1. The molecule has 0 saturated carbocycles. The number of carbonyl (C=O) groups excluding carboxylic acids is 1. The molecular formula is C12H18N6O. The zero-order chi connectivity index (χ0) is 13.2. The minimum atomic E-state index is -0.114. The number of aromatic nitrogens is 2. The summed E-state index contributed by atoms with van der Waals surface area (Å²) >= 11 is 0. The van der Waals surface area contributed by atoms with Gasteiger partial charge in [0.2, 0.25) is 0 Å². The van der Waals surface area contributed by atoms with E-state index in [-0.39, 0.29) is 5.91 Å². The molecule has 0 unspecified atom stereocenters. The van der Waals surface area contributed by atoms with Gasteiger partial charge >= 0.3 is 0 Å². The van der Waals surface area contributed by atoms with Crippen molar-refractivity contribution in [1.29, 1.82) is 0 Å². The molecule has 2 aliphatic heterocycles. The molecular weight excluding hydrogens is 244 g/mol. The van der Waals surface area contributed by atoms with Gasteiger partial charge < -0.3 is 10.2 Å². The van der Waals surface area contributed by atoms with Crippen LogP contribution in [0.5, 0.6) is 0 Å². The Morgan fingerprint density at radius 3 is 3.00 bits per heavy atom. The summed E-state index contributed by atoms with van der Waals surface area (Å²) in [6.07, 6.45) is 5.23. The summed E-state index contributed by atoms with van der Waals surface area (Å²) in [5.41, 5.74) is 3.98. The molecule has 0 bridgehead atoms. The number of anilines is 1. The Morgan fingerprint density at radius 2 is 2.21 bits per heavy atom. The summed E-state index contributed by atoms with van der Waals surface area (Å²) < 4.78 is 0. The molecule has 0 spiro atoms. The van der Waals surface area contributed by atoms with Gasteiger partial charge in [-0.2, -0.15) is 0 Å². The molecule has 2 N–H and O–H groups in total. The number of nitrogens with zero attached hydrogens (tertiary/aromatic N) is 4. The zero-order valence-electron chi connectivity index (χ0n) is 11.0. The second-order valence-electron chi connectivity index (χ2n) is 5.06. The fourth-order valence-electron chi connectivity index (χ4n) is 2.48. The Labute approximate surface area is 112 Å². The van der Waals surface area contributed by atoms with Gasteiger partial charge in [0.25, 0.3) is 5.91 Å². The van der Waals surface area contributed by atoms with Gasteiger partial charge in [-0.3, -0.25) is 9.80 Å². The fourth-order valence-corrected chi connectivity index (χ4v) is 2.48. The largest absolute Gasteiger partial charge is 0.333 e. The Morgan fingerprint density at radius 1 is 1.42 bits per heavy atom. The number of amides is 1. The van der Waals surface area contributed by atoms with Crippen molar-refractivity contribution in [1.82, 2.24) is 25.6 Å². The van der Waals surface area contributed by atoms with E-state index in [4.69, 9.17) is 0 Å². The van der Waals surface area contributed by atoms with Gasteiger partial charge in [-0.15, -0.1) is 0 Å². The number of hydrogen-bond acceptors (Lipinski definition) is 6. The minimum Gasteiger partial charge on any atom is -0.333 e. The molecule has 2 aliphatic rings. The first-order chi connectivity index (χ1) is 9.24. The highest BCUT2D eigenvalue weighted by Crippen LogP contribution is 2.19. The number of hydrazine groups is 1. The third kappa shape index (κ3) is 2.52. The lowest BCUT2D eigenvalue weighted by atomic mass is 10.1. The van der Waals surface area contributed by atoms with Crippen LogP contribution in [0.15, 0.2) is 12.5 Å². The lowest BCUT2D eigenvalue weighted by molar-refractivity contribution is 0.0942. The second kappa shape index (κ2) is 5.10. The predicted octanol–water partition coefficient (Wildman–Crippen LogP) is -0.417. The highest BCUT2D eigenvalue weighted by molar-refractivity contribution is 6.00. The number of hydrogen-bond donors (Lipinski definition) is 2. The van der Waals surface area contributed by atoms with Crippen molar-refractivity contribution in [2.24, 2.45) is 0 Å². The molecule has 0 atom stereocenters. The van der Waals surface area contributed by atoms with Gasteiger partial charge in [0.15, 0.2) is 5.82 Å². The van der Waals surface area contributed by atoms with Crippen LogP contribution in [-0.4, -0.2) is 53.6 Å². The van der Waals surface area contributed by atoms with Gasteiger partial charge in [-0.25, -0.2) is 15.4 Å². The SMILES string of the molecule is CN1CCC(NN2CNC(=O)c3cncnc32)CC1. The van der Waals surface area contributed by atoms with Crippen LogP contribution in [0.4, 0.5) is 5.82 Å². The predicted molar refractivity (Wildman–Crippen MR) is 70.5 cm³/mol.